The molecule has 0 bridgehead atoms. The quantitative estimate of drug-likeness (QED) is 0.725. The number of fused-ring (bicyclic) bond motifs is 1. The summed E-state index contributed by atoms with van der Waals surface area (Å²) in [6, 6.07) is 9.52. The van der Waals surface area contributed by atoms with Gasteiger partial charge in [0.05, 0.1) is 11.1 Å². The van der Waals surface area contributed by atoms with E-state index in [1.165, 1.54) is 0 Å². The zero-order chi connectivity index (χ0) is 19.8. The Morgan fingerprint density at radius 3 is 2.37 bits per heavy atom. The van der Waals surface area contributed by atoms with E-state index in [4.69, 9.17) is 0 Å². The van der Waals surface area contributed by atoms with Crippen LogP contribution in [0.1, 0.15) is 32.6 Å². The minimum absolute atomic E-state index is 0.0296. The monoisotopic (exact) mass is 374 g/mol. The van der Waals surface area contributed by atoms with Gasteiger partial charge in [0, 0.05) is 17.7 Å². The highest BCUT2D eigenvalue weighted by molar-refractivity contribution is 5.94. The first-order valence-corrected chi connectivity index (χ1v) is 8.24. The van der Waals surface area contributed by atoms with Crippen molar-refractivity contribution in [3.63, 3.8) is 0 Å². The molecule has 0 saturated carbocycles. The third-order valence-electron chi connectivity index (χ3n) is 4.28. The topological polar surface area (TPSA) is 62.0 Å². The van der Waals surface area contributed by atoms with Crippen LogP contribution in [0.15, 0.2) is 47.3 Å². The van der Waals surface area contributed by atoms with E-state index in [9.17, 15) is 22.8 Å². The Morgan fingerprint density at radius 2 is 1.74 bits per heavy atom. The summed E-state index contributed by atoms with van der Waals surface area (Å²) in [5, 5.41) is 3.42. The van der Waals surface area contributed by atoms with Crippen LogP contribution >= 0.6 is 0 Å². The first-order chi connectivity index (χ1) is 12.6. The van der Waals surface area contributed by atoms with Crippen molar-refractivity contribution in [1.82, 2.24) is 10.3 Å². The molecule has 0 unspecified atom stereocenters. The average molecular weight is 374 g/mol. The van der Waals surface area contributed by atoms with E-state index in [-0.39, 0.29) is 17.7 Å². The summed E-state index contributed by atoms with van der Waals surface area (Å²) < 4.78 is 37.7. The van der Waals surface area contributed by atoms with E-state index in [2.05, 4.69) is 10.3 Å². The Morgan fingerprint density at radius 1 is 1.07 bits per heavy atom. The number of aromatic nitrogens is 1. The molecular weight excluding hydrogens is 357 g/mol. The third-order valence-corrected chi connectivity index (χ3v) is 4.28. The molecule has 0 radical (unpaired) electrons. The standard InChI is InChI=1S/C20H17F3N2O2/c1-11-7-12(2)17-14(8-11)9-15(19(27)25-17)10-24-18(26)13-3-5-16(6-4-13)20(21,22)23/h3-9H,10H2,1-2H3,(H,24,26)(H,25,27). The van der Waals surface area contributed by atoms with Gasteiger partial charge in [0.15, 0.2) is 0 Å². The van der Waals surface area contributed by atoms with E-state index >= 15 is 0 Å². The first-order valence-electron chi connectivity index (χ1n) is 8.24. The highest BCUT2D eigenvalue weighted by Gasteiger charge is 2.30. The number of pyridine rings is 1. The second-order valence-electron chi connectivity index (χ2n) is 6.43. The van der Waals surface area contributed by atoms with Crippen LogP contribution in [0, 0.1) is 13.8 Å². The van der Waals surface area contributed by atoms with Crippen molar-refractivity contribution in [2.75, 3.05) is 0 Å². The second-order valence-corrected chi connectivity index (χ2v) is 6.43. The van der Waals surface area contributed by atoms with Gasteiger partial charge in [0.2, 0.25) is 0 Å². The number of carbonyl (C=O) groups is 1. The highest BCUT2D eigenvalue weighted by Crippen LogP contribution is 2.29. The van der Waals surface area contributed by atoms with Gasteiger partial charge in [0.1, 0.15) is 0 Å². The molecule has 0 aliphatic carbocycles. The molecule has 0 saturated heterocycles. The number of alkyl halides is 3. The van der Waals surface area contributed by atoms with Crippen LogP contribution in [-0.4, -0.2) is 10.9 Å². The van der Waals surface area contributed by atoms with E-state index in [1.807, 2.05) is 26.0 Å². The number of nitrogens with one attached hydrogen (secondary N) is 2. The first kappa shape index (κ1) is 18.7. The van der Waals surface area contributed by atoms with Crippen molar-refractivity contribution in [3.05, 3.63) is 80.6 Å². The molecule has 2 N–H and O–H groups in total. The fraction of sp³-hybridized carbons (Fsp3) is 0.200. The SMILES string of the molecule is Cc1cc(C)c2[nH]c(=O)c(CNC(=O)c3ccc(C(F)(F)F)cc3)cc2c1. The summed E-state index contributed by atoms with van der Waals surface area (Å²) in [7, 11) is 0. The van der Waals surface area contributed by atoms with Crippen LogP contribution in [-0.2, 0) is 12.7 Å². The lowest BCUT2D eigenvalue weighted by atomic mass is 10.1. The van der Waals surface area contributed by atoms with E-state index in [1.54, 1.807) is 6.07 Å². The molecule has 3 aromatic rings. The highest BCUT2D eigenvalue weighted by atomic mass is 19.4. The van der Waals surface area contributed by atoms with Gasteiger partial charge >= 0.3 is 6.18 Å². The predicted octanol–water partition coefficient (Wildman–Crippen LogP) is 4.09. The fourth-order valence-corrected chi connectivity index (χ4v) is 2.95. The summed E-state index contributed by atoms with van der Waals surface area (Å²) >= 11 is 0. The Bertz CT molecular complexity index is 1070. The molecule has 27 heavy (non-hydrogen) atoms. The van der Waals surface area contributed by atoms with Crippen molar-refractivity contribution >= 4 is 16.8 Å². The number of aryl methyl sites for hydroxylation is 2. The molecule has 0 aliphatic rings. The van der Waals surface area contributed by atoms with Crippen LogP contribution in [0.4, 0.5) is 13.2 Å². The molecule has 3 rings (SSSR count). The van der Waals surface area contributed by atoms with Gasteiger partial charge in [0.25, 0.3) is 11.5 Å². The number of rotatable bonds is 3. The zero-order valence-corrected chi connectivity index (χ0v) is 14.7. The Labute approximate surface area is 153 Å². The predicted molar refractivity (Wildman–Crippen MR) is 96.7 cm³/mol. The maximum atomic E-state index is 12.6. The van der Waals surface area contributed by atoms with Gasteiger partial charge in [-0.3, -0.25) is 9.59 Å². The van der Waals surface area contributed by atoms with Gasteiger partial charge in [-0.25, -0.2) is 0 Å². The molecule has 140 valence electrons. The molecule has 1 amide bonds. The van der Waals surface area contributed by atoms with Crippen LogP contribution in [0.3, 0.4) is 0 Å². The molecule has 0 fully saturated rings. The van der Waals surface area contributed by atoms with Crippen LogP contribution in [0.25, 0.3) is 10.9 Å². The molecule has 0 atom stereocenters. The van der Waals surface area contributed by atoms with E-state index in [0.29, 0.717) is 5.56 Å². The van der Waals surface area contributed by atoms with Gasteiger partial charge < -0.3 is 10.3 Å². The normalized spacial score (nSPS) is 11.6. The Balaban J connectivity index is 1.79. The zero-order valence-electron chi connectivity index (χ0n) is 14.7. The van der Waals surface area contributed by atoms with Gasteiger partial charge in [-0.15, -0.1) is 0 Å². The van der Waals surface area contributed by atoms with Crippen molar-refractivity contribution in [3.8, 4) is 0 Å². The van der Waals surface area contributed by atoms with Crippen LogP contribution < -0.4 is 10.9 Å². The summed E-state index contributed by atoms with van der Waals surface area (Å²) in [5.74, 6) is -0.552. The minimum atomic E-state index is -4.45. The van der Waals surface area contributed by atoms with Crippen molar-refractivity contribution in [2.24, 2.45) is 0 Å². The fourth-order valence-electron chi connectivity index (χ4n) is 2.95. The van der Waals surface area contributed by atoms with Gasteiger partial charge in [-0.2, -0.15) is 13.2 Å². The van der Waals surface area contributed by atoms with Crippen LogP contribution in [0.2, 0.25) is 0 Å². The maximum Gasteiger partial charge on any atom is 0.416 e. The van der Waals surface area contributed by atoms with Crippen LogP contribution in [0.5, 0.6) is 0 Å². The van der Waals surface area contributed by atoms with Gasteiger partial charge in [-0.1, -0.05) is 11.6 Å². The summed E-state index contributed by atoms with van der Waals surface area (Å²) in [5.41, 5.74) is 2.05. The Hall–Kier alpha value is -3.09. The summed E-state index contributed by atoms with van der Waals surface area (Å²) in [4.78, 5) is 27.2. The van der Waals surface area contributed by atoms with E-state index in [0.717, 1.165) is 46.3 Å². The Kier molecular flexibility index (Phi) is 4.78. The molecule has 7 heteroatoms. The summed E-state index contributed by atoms with van der Waals surface area (Å²) in [6.45, 7) is 3.82. The largest absolute Gasteiger partial charge is 0.416 e. The third kappa shape index (κ3) is 4.02. The molecule has 0 aliphatic heterocycles. The molecular formula is C20H17F3N2O2. The number of H-pyrrole nitrogens is 1. The molecule has 2 aromatic carbocycles. The lowest BCUT2D eigenvalue weighted by Gasteiger charge is -2.09. The smallest absolute Gasteiger partial charge is 0.348 e. The maximum absolute atomic E-state index is 12.6. The number of benzene rings is 2. The average Bonchev–Trinajstić information content (AvgIpc) is 2.60. The van der Waals surface area contributed by atoms with Gasteiger partial charge in [-0.05, 0) is 61.2 Å². The lowest BCUT2D eigenvalue weighted by molar-refractivity contribution is -0.137. The number of aromatic amines is 1. The lowest BCUT2D eigenvalue weighted by Crippen LogP contribution is -2.26. The second kappa shape index (κ2) is 6.90. The number of amides is 1. The molecule has 1 heterocycles. The number of halogens is 3. The minimum Gasteiger partial charge on any atom is -0.348 e. The molecule has 4 nitrogen and oxygen atoms in total. The van der Waals surface area contributed by atoms with Crippen molar-refractivity contribution in [2.45, 2.75) is 26.6 Å². The van der Waals surface area contributed by atoms with Crippen molar-refractivity contribution < 1.29 is 18.0 Å². The summed E-state index contributed by atoms with van der Waals surface area (Å²) in [6.07, 6.45) is -4.45. The molecule has 0 spiro atoms. The number of hydrogen-bond acceptors (Lipinski definition) is 2. The number of hydrogen-bond donors (Lipinski definition) is 2. The van der Waals surface area contributed by atoms with E-state index < -0.39 is 17.6 Å². The van der Waals surface area contributed by atoms with Crippen molar-refractivity contribution in [1.29, 1.82) is 0 Å². The molecule has 1 aromatic heterocycles. The number of carbonyl (C=O) groups excluding carboxylic acids is 1.